The van der Waals surface area contributed by atoms with Gasteiger partial charge >= 0.3 is 0 Å². The molecule has 2 atom stereocenters. The van der Waals surface area contributed by atoms with Crippen LogP contribution in [0.15, 0.2) is 17.5 Å². The molecule has 24 heavy (non-hydrogen) atoms. The van der Waals surface area contributed by atoms with Gasteiger partial charge in [0.15, 0.2) is 6.29 Å². The summed E-state index contributed by atoms with van der Waals surface area (Å²) in [7, 11) is 0. The van der Waals surface area contributed by atoms with Crippen molar-refractivity contribution in [2.45, 2.75) is 51.0 Å². The molecule has 7 heteroatoms. The third-order valence-electron chi connectivity index (χ3n) is 4.47. The van der Waals surface area contributed by atoms with Crippen LogP contribution < -0.4 is 5.32 Å². The highest BCUT2D eigenvalue weighted by atomic mass is 32.1. The van der Waals surface area contributed by atoms with Crippen molar-refractivity contribution < 1.29 is 19.1 Å². The first-order chi connectivity index (χ1) is 11.6. The van der Waals surface area contributed by atoms with E-state index in [0.29, 0.717) is 13.2 Å². The van der Waals surface area contributed by atoms with Gasteiger partial charge in [-0.15, -0.1) is 11.3 Å². The second-order valence-corrected chi connectivity index (χ2v) is 7.21. The van der Waals surface area contributed by atoms with Gasteiger partial charge in [-0.05, 0) is 30.7 Å². The van der Waals surface area contributed by atoms with Crippen LogP contribution in [0.3, 0.4) is 0 Å². The zero-order chi connectivity index (χ0) is 16.9. The van der Waals surface area contributed by atoms with E-state index >= 15 is 0 Å². The molecule has 2 aliphatic rings. The fourth-order valence-corrected chi connectivity index (χ4v) is 4.18. The third kappa shape index (κ3) is 4.15. The van der Waals surface area contributed by atoms with Crippen molar-refractivity contribution in [2.24, 2.45) is 0 Å². The van der Waals surface area contributed by atoms with Crippen LogP contribution in [0.2, 0.25) is 0 Å². The molecule has 1 N–H and O–H groups in total. The van der Waals surface area contributed by atoms with Crippen molar-refractivity contribution in [3.05, 3.63) is 22.4 Å². The molecule has 0 aliphatic carbocycles. The number of hydrogen-bond acceptors (Lipinski definition) is 5. The van der Waals surface area contributed by atoms with E-state index in [1.807, 2.05) is 22.4 Å². The smallest absolute Gasteiger partial charge is 0.225 e. The highest BCUT2D eigenvalue weighted by Crippen LogP contribution is 2.28. The average molecular weight is 352 g/mol. The first kappa shape index (κ1) is 17.4. The van der Waals surface area contributed by atoms with E-state index in [2.05, 4.69) is 5.32 Å². The maximum absolute atomic E-state index is 12.9. The summed E-state index contributed by atoms with van der Waals surface area (Å²) in [6.07, 6.45) is 2.94. The summed E-state index contributed by atoms with van der Waals surface area (Å²) in [5.74, 6) is -0.0789. The number of likely N-dealkylation sites (tertiary alicyclic amines) is 1. The minimum atomic E-state index is -0.310. The Morgan fingerprint density at radius 3 is 2.83 bits per heavy atom. The summed E-state index contributed by atoms with van der Waals surface area (Å²) in [6.45, 7) is 3.39. The molecule has 0 spiro atoms. The Balaban J connectivity index is 1.69. The SMILES string of the molecule is CC(=O)N[C@@H](CC(=O)N1CCCC[C@@H]1C1OCCO1)c1cccs1. The molecular formula is C17H24N2O4S. The first-order valence-corrected chi connectivity index (χ1v) is 9.36. The summed E-state index contributed by atoms with van der Waals surface area (Å²) in [6, 6.07) is 3.59. The maximum Gasteiger partial charge on any atom is 0.225 e. The zero-order valence-electron chi connectivity index (χ0n) is 13.9. The molecule has 0 bridgehead atoms. The molecule has 2 amide bonds. The number of nitrogens with one attached hydrogen (secondary N) is 1. The lowest BCUT2D eigenvalue weighted by Crippen LogP contribution is -2.50. The predicted octanol–water partition coefficient (Wildman–Crippen LogP) is 2.07. The standard InChI is InChI=1S/C17H24N2O4S/c1-12(20)18-13(15-6-4-10-24-15)11-16(21)19-7-3-2-5-14(19)17-22-8-9-23-17/h4,6,10,13-14,17H,2-3,5,7-9,11H2,1H3,(H,18,20)/t13-,14+/m0/s1. The summed E-state index contributed by atoms with van der Waals surface area (Å²) in [5, 5.41) is 4.86. The third-order valence-corrected chi connectivity index (χ3v) is 5.46. The van der Waals surface area contributed by atoms with Gasteiger partial charge in [-0.2, -0.15) is 0 Å². The number of amides is 2. The van der Waals surface area contributed by atoms with Crippen molar-refractivity contribution in [1.82, 2.24) is 10.2 Å². The predicted molar refractivity (Wildman–Crippen MR) is 90.5 cm³/mol. The quantitative estimate of drug-likeness (QED) is 0.881. The largest absolute Gasteiger partial charge is 0.348 e. The maximum atomic E-state index is 12.9. The lowest BCUT2D eigenvalue weighted by molar-refractivity contribution is -0.151. The molecule has 2 fully saturated rings. The van der Waals surface area contributed by atoms with Crippen LogP contribution >= 0.6 is 11.3 Å². The Hall–Kier alpha value is -1.44. The van der Waals surface area contributed by atoms with Gasteiger partial charge < -0.3 is 19.7 Å². The topological polar surface area (TPSA) is 67.9 Å². The number of nitrogens with zero attached hydrogens (tertiary/aromatic N) is 1. The molecular weight excluding hydrogens is 328 g/mol. The van der Waals surface area contributed by atoms with Gasteiger partial charge in [-0.25, -0.2) is 0 Å². The Labute approximate surface area is 146 Å². The molecule has 3 heterocycles. The van der Waals surface area contributed by atoms with E-state index in [1.54, 1.807) is 11.3 Å². The minimum Gasteiger partial charge on any atom is -0.348 e. The van der Waals surface area contributed by atoms with E-state index in [4.69, 9.17) is 9.47 Å². The fraction of sp³-hybridized carbons (Fsp3) is 0.647. The highest BCUT2D eigenvalue weighted by molar-refractivity contribution is 7.10. The Morgan fingerprint density at radius 2 is 2.17 bits per heavy atom. The second-order valence-electron chi connectivity index (χ2n) is 6.23. The molecule has 1 aromatic rings. The van der Waals surface area contributed by atoms with Crippen LogP contribution in [0.25, 0.3) is 0 Å². The molecule has 0 aromatic carbocycles. The Bertz CT molecular complexity index is 557. The normalized spacial score (nSPS) is 23.2. The number of piperidine rings is 1. The van der Waals surface area contributed by atoms with Crippen LogP contribution in [-0.4, -0.2) is 48.8 Å². The average Bonchev–Trinajstić information content (AvgIpc) is 3.27. The van der Waals surface area contributed by atoms with Crippen LogP contribution in [-0.2, 0) is 19.1 Å². The number of carbonyl (C=O) groups is 2. The van der Waals surface area contributed by atoms with E-state index in [-0.39, 0.29) is 36.6 Å². The molecule has 2 saturated heterocycles. The summed E-state index contributed by atoms with van der Waals surface area (Å²) in [5.41, 5.74) is 0. The molecule has 2 aliphatic heterocycles. The summed E-state index contributed by atoms with van der Waals surface area (Å²) in [4.78, 5) is 27.3. The first-order valence-electron chi connectivity index (χ1n) is 8.48. The van der Waals surface area contributed by atoms with Gasteiger partial charge in [0, 0.05) is 18.3 Å². The number of thiophene rings is 1. The lowest BCUT2D eigenvalue weighted by atomic mass is 10.00. The number of hydrogen-bond donors (Lipinski definition) is 1. The van der Waals surface area contributed by atoms with Gasteiger partial charge in [-0.3, -0.25) is 9.59 Å². The molecule has 3 rings (SSSR count). The number of carbonyl (C=O) groups excluding carboxylic acids is 2. The van der Waals surface area contributed by atoms with Crippen molar-refractivity contribution in [1.29, 1.82) is 0 Å². The number of ether oxygens (including phenoxy) is 2. The van der Waals surface area contributed by atoms with Crippen molar-refractivity contribution in [3.8, 4) is 0 Å². The summed E-state index contributed by atoms with van der Waals surface area (Å²) < 4.78 is 11.3. The van der Waals surface area contributed by atoms with Crippen molar-refractivity contribution in [2.75, 3.05) is 19.8 Å². The van der Waals surface area contributed by atoms with Crippen LogP contribution in [0.1, 0.15) is 43.5 Å². The van der Waals surface area contributed by atoms with Crippen molar-refractivity contribution in [3.63, 3.8) is 0 Å². The van der Waals surface area contributed by atoms with Crippen LogP contribution in [0, 0.1) is 0 Å². The van der Waals surface area contributed by atoms with Crippen LogP contribution in [0.4, 0.5) is 0 Å². The Morgan fingerprint density at radius 1 is 1.38 bits per heavy atom. The minimum absolute atomic E-state index is 0.0185. The van der Waals surface area contributed by atoms with Gasteiger partial charge in [0.25, 0.3) is 0 Å². The van der Waals surface area contributed by atoms with Crippen molar-refractivity contribution >= 4 is 23.2 Å². The van der Waals surface area contributed by atoms with E-state index < -0.39 is 0 Å². The van der Waals surface area contributed by atoms with Gasteiger partial charge in [0.2, 0.25) is 11.8 Å². The van der Waals surface area contributed by atoms with E-state index in [0.717, 1.165) is 30.7 Å². The zero-order valence-corrected chi connectivity index (χ0v) is 14.7. The molecule has 132 valence electrons. The summed E-state index contributed by atoms with van der Waals surface area (Å²) >= 11 is 1.55. The second kappa shape index (κ2) is 8.09. The van der Waals surface area contributed by atoms with Gasteiger partial charge in [0.05, 0.1) is 31.7 Å². The van der Waals surface area contributed by atoms with Gasteiger partial charge in [0.1, 0.15) is 0 Å². The van der Waals surface area contributed by atoms with E-state index in [9.17, 15) is 9.59 Å². The lowest BCUT2D eigenvalue weighted by Gasteiger charge is -2.38. The Kier molecular flexibility index (Phi) is 5.86. The molecule has 0 unspecified atom stereocenters. The monoisotopic (exact) mass is 352 g/mol. The molecule has 6 nitrogen and oxygen atoms in total. The molecule has 0 radical (unpaired) electrons. The van der Waals surface area contributed by atoms with E-state index in [1.165, 1.54) is 6.92 Å². The number of rotatable bonds is 5. The molecule has 1 aromatic heterocycles. The molecule has 0 saturated carbocycles. The highest BCUT2D eigenvalue weighted by Gasteiger charge is 2.36. The van der Waals surface area contributed by atoms with Crippen LogP contribution in [0.5, 0.6) is 0 Å². The fourth-order valence-electron chi connectivity index (χ4n) is 3.40. The van der Waals surface area contributed by atoms with Gasteiger partial charge in [-0.1, -0.05) is 6.07 Å².